The Morgan fingerprint density at radius 3 is 2.44 bits per heavy atom. The Morgan fingerprint density at radius 1 is 1.25 bits per heavy atom. The monoisotopic (exact) mass is 228 g/mol. The van der Waals surface area contributed by atoms with Crippen LogP contribution in [0.5, 0.6) is 0 Å². The molecule has 2 amide bonds. The fourth-order valence-electron chi connectivity index (χ4n) is 2.17. The van der Waals surface area contributed by atoms with Gasteiger partial charge in [0.15, 0.2) is 0 Å². The quantitative estimate of drug-likeness (QED) is 0.713. The van der Waals surface area contributed by atoms with Crippen LogP contribution in [0.2, 0.25) is 0 Å². The topological polar surface area (TPSA) is 70.1 Å². The van der Waals surface area contributed by atoms with E-state index in [1.165, 1.54) is 4.90 Å². The lowest BCUT2D eigenvalue weighted by Gasteiger charge is -2.37. The van der Waals surface area contributed by atoms with Crippen LogP contribution in [-0.4, -0.2) is 66.3 Å². The lowest BCUT2D eigenvalue weighted by atomic mass is 9.99. The van der Waals surface area contributed by atoms with E-state index < -0.39 is 6.09 Å². The third-order valence-corrected chi connectivity index (χ3v) is 3.29. The van der Waals surface area contributed by atoms with Crippen LogP contribution in [-0.2, 0) is 9.53 Å². The fourth-order valence-corrected chi connectivity index (χ4v) is 2.17. The van der Waals surface area contributed by atoms with Gasteiger partial charge < -0.3 is 19.6 Å². The summed E-state index contributed by atoms with van der Waals surface area (Å²) in [5, 5.41) is 8.66. The first-order valence-corrected chi connectivity index (χ1v) is 5.41. The molecule has 1 N–H and O–H groups in total. The Morgan fingerprint density at radius 2 is 1.94 bits per heavy atom. The molecular formula is C10H16N2O4. The summed E-state index contributed by atoms with van der Waals surface area (Å²) in [6.07, 6.45) is 0.0669. The van der Waals surface area contributed by atoms with Crippen LogP contribution in [0.15, 0.2) is 0 Å². The number of carboxylic acid groups (broad SMARTS) is 1. The minimum absolute atomic E-state index is 0.0667. The van der Waals surface area contributed by atoms with E-state index in [0.29, 0.717) is 19.6 Å². The summed E-state index contributed by atoms with van der Waals surface area (Å²) in [6.45, 7) is 2.03. The van der Waals surface area contributed by atoms with Crippen LogP contribution in [0, 0.1) is 5.92 Å². The third-order valence-electron chi connectivity index (χ3n) is 3.29. The van der Waals surface area contributed by atoms with Gasteiger partial charge in [0.1, 0.15) is 0 Å². The number of likely N-dealkylation sites (tertiary alicyclic amines) is 2. The Hall–Kier alpha value is -1.30. The van der Waals surface area contributed by atoms with Gasteiger partial charge in [-0.2, -0.15) is 0 Å². The molecule has 6 nitrogen and oxygen atoms in total. The zero-order valence-electron chi connectivity index (χ0n) is 9.26. The predicted molar refractivity (Wildman–Crippen MR) is 55.1 cm³/mol. The second-order valence-corrected chi connectivity index (χ2v) is 4.32. The van der Waals surface area contributed by atoms with Crippen LogP contribution in [0.25, 0.3) is 0 Å². The molecule has 0 radical (unpaired) electrons. The maximum Gasteiger partial charge on any atom is 0.407 e. The number of carbonyl (C=O) groups excluding carboxylic acids is 1. The number of hydrogen-bond acceptors (Lipinski definition) is 3. The summed E-state index contributed by atoms with van der Waals surface area (Å²) in [5.74, 6) is -0.0799. The second kappa shape index (κ2) is 4.29. The lowest BCUT2D eigenvalue weighted by molar-refractivity contribution is -0.139. The van der Waals surface area contributed by atoms with Crippen molar-refractivity contribution in [2.24, 2.45) is 5.92 Å². The Kier molecular flexibility index (Phi) is 3.00. The van der Waals surface area contributed by atoms with Gasteiger partial charge in [0.05, 0.1) is 12.0 Å². The van der Waals surface area contributed by atoms with E-state index in [2.05, 4.69) is 0 Å². The summed E-state index contributed by atoms with van der Waals surface area (Å²) in [5.41, 5.74) is 0. The van der Waals surface area contributed by atoms with E-state index in [1.54, 1.807) is 12.0 Å². The largest absolute Gasteiger partial charge is 0.465 e. The first-order chi connectivity index (χ1) is 7.61. The molecule has 2 aliphatic heterocycles. The van der Waals surface area contributed by atoms with Gasteiger partial charge >= 0.3 is 6.09 Å². The molecule has 0 aromatic heterocycles. The van der Waals surface area contributed by atoms with Crippen molar-refractivity contribution < 1.29 is 19.4 Å². The molecule has 2 saturated heterocycles. The normalized spacial score (nSPS) is 25.7. The highest BCUT2D eigenvalue weighted by atomic mass is 16.5. The van der Waals surface area contributed by atoms with Gasteiger partial charge in [-0.15, -0.1) is 0 Å². The maximum atomic E-state index is 11.9. The van der Waals surface area contributed by atoms with Crippen LogP contribution >= 0.6 is 0 Å². The molecular weight excluding hydrogens is 212 g/mol. The van der Waals surface area contributed by atoms with E-state index in [0.717, 1.165) is 13.0 Å². The van der Waals surface area contributed by atoms with Gasteiger partial charge in [-0.3, -0.25) is 4.79 Å². The van der Waals surface area contributed by atoms with Crippen molar-refractivity contribution in [3.8, 4) is 0 Å². The molecule has 0 bridgehead atoms. The number of carbonyl (C=O) groups is 2. The highest BCUT2D eigenvalue weighted by molar-refractivity contribution is 5.82. The smallest absolute Gasteiger partial charge is 0.407 e. The summed E-state index contributed by atoms with van der Waals surface area (Å²) in [4.78, 5) is 25.5. The molecule has 1 unspecified atom stereocenters. The van der Waals surface area contributed by atoms with E-state index in [9.17, 15) is 9.59 Å². The Labute approximate surface area is 93.8 Å². The number of amides is 2. The number of ether oxygens (including phenoxy) is 1. The van der Waals surface area contributed by atoms with Crippen LogP contribution in [0.1, 0.15) is 6.42 Å². The SMILES string of the molecule is COC1CCN(C(=O)C2CN(C(=O)O)C2)C1. The zero-order chi connectivity index (χ0) is 11.7. The number of methoxy groups -OCH3 is 1. The number of hydrogen-bond donors (Lipinski definition) is 1. The molecule has 0 saturated carbocycles. The minimum atomic E-state index is -0.944. The molecule has 0 aromatic rings. The van der Waals surface area contributed by atoms with Gasteiger partial charge in [-0.1, -0.05) is 0 Å². The third kappa shape index (κ3) is 1.97. The van der Waals surface area contributed by atoms with Crippen molar-refractivity contribution in [2.75, 3.05) is 33.3 Å². The van der Waals surface area contributed by atoms with E-state index in [4.69, 9.17) is 9.84 Å². The molecule has 0 aliphatic carbocycles. The summed E-state index contributed by atoms with van der Waals surface area (Å²) in [7, 11) is 1.65. The average Bonchev–Trinajstić information content (AvgIpc) is 2.62. The van der Waals surface area contributed by atoms with Gasteiger partial charge in [0, 0.05) is 33.3 Å². The second-order valence-electron chi connectivity index (χ2n) is 4.32. The zero-order valence-corrected chi connectivity index (χ0v) is 9.26. The van der Waals surface area contributed by atoms with E-state index in [-0.39, 0.29) is 17.9 Å². The van der Waals surface area contributed by atoms with Gasteiger partial charge in [0.25, 0.3) is 0 Å². The van der Waals surface area contributed by atoms with Crippen LogP contribution < -0.4 is 0 Å². The molecule has 2 fully saturated rings. The summed E-state index contributed by atoms with van der Waals surface area (Å²) < 4.78 is 5.18. The highest BCUT2D eigenvalue weighted by Crippen LogP contribution is 2.21. The van der Waals surface area contributed by atoms with Crippen molar-refractivity contribution in [3.63, 3.8) is 0 Å². The van der Waals surface area contributed by atoms with Crippen molar-refractivity contribution in [1.82, 2.24) is 9.80 Å². The van der Waals surface area contributed by atoms with Gasteiger partial charge in [0.2, 0.25) is 5.91 Å². The highest BCUT2D eigenvalue weighted by Gasteiger charge is 2.39. The van der Waals surface area contributed by atoms with E-state index >= 15 is 0 Å². The van der Waals surface area contributed by atoms with Gasteiger partial charge in [-0.25, -0.2) is 4.79 Å². The molecule has 2 rings (SSSR count). The number of rotatable bonds is 2. The predicted octanol–water partition coefficient (Wildman–Crippen LogP) is -0.156. The Bertz CT molecular complexity index is 301. The first kappa shape index (κ1) is 11.2. The van der Waals surface area contributed by atoms with E-state index in [1.807, 2.05) is 0 Å². The molecule has 2 aliphatic rings. The fraction of sp³-hybridized carbons (Fsp3) is 0.800. The first-order valence-electron chi connectivity index (χ1n) is 5.41. The van der Waals surface area contributed by atoms with Crippen molar-refractivity contribution in [3.05, 3.63) is 0 Å². The maximum absolute atomic E-state index is 11.9. The van der Waals surface area contributed by atoms with Crippen molar-refractivity contribution in [2.45, 2.75) is 12.5 Å². The van der Waals surface area contributed by atoms with Crippen molar-refractivity contribution in [1.29, 1.82) is 0 Å². The molecule has 1 atom stereocenters. The summed E-state index contributed by atoms with van der Waals surface area (Å²) in [6, 6.07) is 0. The van der Waals surface area contributed by atoms with Crippen LogP contribution in [0.4, 0.5) is 4.79 Å². The molecule has 0 spiro atoms. The standard InChI is InChI=1S/C10H16N2O4/c1-16-8-2-3-11(6-8)9(13)7-4-12(5-7)10(14)15/h7-8H,2-6H2,1H3,(H,14,15). The Balaban J connectivity index is 1.80. The lowest BCUT2D eigenvalue weighted by Crippen LogP contribution is -2.55. The number of nitrogens with zero attached hydrogens (tertiary/aromatic N) is 2. The molecule has 90 valence electrons. The molecule has 0 aromatic carbocycles. The average molecular weight is 228 g/mol. The molecule has 16 heavy (non-hydrogen) atoms. The summed E-state index contributed by atoms with van der Waals surface area (Å²) >= 11 is 0. The van der Waals surface area contributed by atoms with Crippen molar-refractivity contribution >= 4 is 12.0 Å². The van der Waals surface area contributed by atoms with Crippen LogP contribution in [0.3, 0.4) is 0 Å². The minimum Gasteiger partial charge on any atom is -0.465 e. The van der Waals surface area contributed by atoms with Gasteiger partial charge in [-0.05, 0) is 6.42 Å². The molecule has 6 heteroatoms. The molecule has 2 heterocycles.